The molecule has 0 saturated carbocycles. The van der Waals surface area contributed by atoms with E-state index in [1.54, 1.807) is 0 Å². The van der Waals surface area contributed by atoms with Gasteiger partial charge in [-0.3, -0.25) is 0 Å². The van der Waals surface area contributed by atoms with Crippen molar-refractivity contribution in [2.24, 2.45) is 0 Å². The van der Waals surface area contributed by atoms with Gasteiger partial charge in [-0.25, -0.2) is 0 Å². The Kier molecular flexibility index (Phi) is 3.70. The average Bonchev–Trinajstić information content (AvgIpc) is 2.59. The third-order valence-electron chi connectivity index (χ3n) is 5.38. The summed E-state index contributed by atoms with van der Waals surface area (Å²) in [7, 11) is 2.05. The fraction of sp³-hybridized carbons (Fsp3) is 0.200. The Morgan fingerprint density at radius 1 is 0.864 bits per heavy atom. The molecular weight excluding hydrogens is 285 g/mol. The van der Waals surface area contributed by atoms with Gasteiger partial charge in [-0.1, -0.05) is 0 Å². The average molecular weight is 309 g/mol. The molecule has 2 heteroatoms. The van der Waals surface area contributed by atoms with Crippen LogP contribution in [0.3, 0.4) is 0 Å². The maximum absolute atomic E-state index is 3.53. The quantitative estimate of drug-likeness (QED) is 0.850. The summed E-state index contributed by atoms with van der Waals surface area (Å²) < 4.78 is 0. The molecule has 1 N–H and O–H groups in total. The first-order valence-electron chi connectivity index (χ1n) is 7.81. The summed E-state index contributed by atoms with van der Waals surface area (Å²) in [5, 5.41) is 6.41. The van der Waals surface area contributed by atoms with Crippen LogP contribution in [0.4, 0.5) is 0 Å². The van der Waals surface area contributed by atoms with E-state index in [0.717, 1.165) is 0 Å². The van der Waals surface area contributed by atoms with E-state index in [1.165, 1.54) is 16.0 Å². The second-order valence-corrected chi connectivity index (χ2v) is 11.9. The SMILES string of the molecule is CNC1=CC=CC(C)P1(C)(c1ccccc1)c1ccccc1. The monoisotopic (exact) mass is 309 g/mol. The van der Waals surface area contributed by atoms with Crippen molar-refractivity contribution >= 4 is 17.2 Å². The number of hydrogen-bond acceptors (Lipinski definition) is 1. The van der Waals surface area contributed by atoms with E-state index >= 15 is 0 Å². The zero-order valence-electron chi connectivity index (χ0n) is 13.5. The molecule has 1 nitrogen and oxygen atoms in total. The van der Waals surface area contributed by atoms with Gasteiger partial charge in [0.15, 0.2) is 0 Å². The van der Waals surface area contributed by atoms with E-state index in [-0.39, 0.29) is 0 Å². The van der Waals surface area contributed by atoms with Crippen LogP contribution in [0.2, 0.25) is 0 Å². The van der Waals surface area contributed by atoms with Crippen molar-refractivity contribution < 1.29 is 0 Å². The maximum atomic E-state index is 3.53. The Hall–Kier alpha value is -1.85. The predicted molar refractivity (Wildman–Crippen MR) is 101 cm³/mol. The summed E-state index contributed by atoms with van der Waals surface area (Å²) in [5.41, 5.74) is 1.82. The van der Waals surface area contributed by atoms with Crippen LogP contribution in [0, 0.1) is 0 Å². The van der Waals surface area contributed by atoms with Crippen LogP contribution in [-0.4, -0.2) is 19.4 Å². The van der Waals surface area contributed by atoms with Gasteiger partial charge in [0.25, 0.3) is 0 Å². The molecule has 0 saturated heterocycles. The van der Waals surface area contributed by atoms with Crippen molar-refractivity contribution in [3.63, 3.8) is 0 Å². The molecule has 1 unspecified atom stereocenters. The minimum absolute atomic E-state index is 0.461. The molecule has 1 aliphatic rings. The van der Waals surface area contributed by atoms with Crippen molar-refractivity contribution in [2.75, 3.05) is 13.7 Å². The Bertz CT molecular complexity index is 676. The summed E-state index contributed by atoms with van der Waals surface area (Å²) >= 11 is 0. The van der Waals surface area contributed by atoms with E-state index < -0.39 is 6.60 Å². The minimum atomic E-state index is -2.51. The third kappa shape index (κ3) is 1.82. The van der Waals surface area contributed by atoms with Crippen molar-refractivity contribution in [3.05, 3.63) is 84.3 Å². The van der Waals surface area contributed by atoms with Gasteiger partial charge in [0.1, 0.15) is 0 Å². The van der Waals surface area contributed by atoms with E-state index in [9.17, 15) is 0 Å². The molecule has 2 aromatic rings. The summed E-state index contributed by atoms with van der Waals surface area (Å²) in [6, 6.07) is 22.0. The molecule has 0 fully saturated rings. The van der Waals surface area contributed by atoms with Gasteiger partial charge in [-0.05, 0) is 0 Å². The summed E-state index contributed by atoms with van der Waals surface area (Å²) in [5.74, 6) is 0. The molecule has 0 aliphatic carbocycles. The summed E-state index contributed by atoms with van der Waals surface area (Å²) in [4.78, 5) is 0. The van der Waals surface area contributed by atoms with Crippen LogP contribution in [0.25, 0.3) is 0 Å². The van der Waals surface area contributed by atoms with E-state index in [0.29, 0.717) is 5.66 Å². The Balaban J connectivity index is 2.43. The Morgan fingerprint density at radius 3 is 1.82 bits per heavy atom. The van der Waals surface area contributed by atoms with E-state index in [1.807, 2.05) is 0 Å². The first-order valence-corrected chi connectivity index (χ1v) is 10.6. The molecule has 0 bridgehead atoms. The second kappa shape index (κ2) is 5.41. The van der Waals surface area contributed by atoms with Crippen LogP contribution in [0.1, 0.15) is 6.92 Å². The van der Waals surface area contributed by atoms with Gasteiger partial charge < -0.3 is 0 Å². The molecule has 3 rings (SSSR count). The van der Waals surface area contributed by atoms with Gasteiger partial charge in [0.2, 0.25) is 0 Å². The van der Waals surface area contributed by atoms with Crippen LogP contribution in [0.15, 0.2) is 84.3 Å². The van der Waals surface area contributed by atoms with Crippen LogP contribution in [0.5, 0.6) is 0 Å². The van der Waals surface area contributed by atoms with Crippen LogP contribution < -0.4 is 15.9 Å². The number of nitrogens with one attached hydrogen (secondary N) is 1. The van der Waals surface area contributed by atoms with E-state index in [4.69, 9.17) is 0 Å². The molecule has 1 atom stereocenters. The second-order valence-electron chi connectivity index (χ2n) is 6.25. The third-order valence-corrected chi connectivity index (χ3v) is 12.5. The molecule has 1 heterocycles. The number of rotatable bonds is 3. The Labute approximate surface area is 133 Å². The number of hydrogen-bond donors (Lipinski definition) is 1. The normalized spacial score (nSPS) is 23.9. The number of allylic oxidation sites excluding steroid dienone is 3. The molecule has 22 heavy (non-hydrogen) atoms. The molecular formula is C20H24NP. The zero-order chi connectivity index (χ0) is 15.7. The molecule has 0 radical (unpaired) electrons. The van der Waals surface area contributed by atoms with Crippen LogP contribution in [-0.2, 0) is 0 Å². The molecule has 0 amide bonds. The van der Waals surface area contributed by atoms with Gasteiger partial charge in [0, 0.05) is 0 Å². The van der Waals surface area contributed by atoms with Crippen molar-refractivity contribution in [1.29, 1.82) is 0 Å². The summed E-state index contributed by atoms with van der Waals surface area (Å²) in [6.07, 6.45) is 6.81. The molecule has 114 valence electrons. The zero-order valence-corrected chi connectivity index (χ0v) is 14.4. The molecule has 0 aromatic heterocycles. The van der Waals surface area contributed by atoms with Crippen molar-refractivity contribution in [1.82, 2.24) is 5.32 Å². The van der Waals surface area contributed by atoms with Crippen molar-refractivity contribution in [3.8, 4) is 0 Å². The Morgan fingerprint density at radius 2 is 1.36 bits per heavy atom. The number of benzene rings is 2. The topological polar surface area (TPSA) is 12.0 Å². The van der Waals surface area contributed by atoms with Gasteiger partial charge in [-0.15, -0.1) is 0 Å². The van der Waals surface area contributed by atoms with Crippen molar-refractivity contribution in [2.45, 2.75) is 12.6 Å². The van der Waals surface area contributed by atoms with Crippen LogP contribution >= 0.6 is 6.60 Å². The fourth-order valence-corrected chi connectivity index (χ4v) is 9.52. The van der Waals surface area contributed by atoms with Gasteiger partial charge >= 0.3 is 133 Å². The van der Waals surface area contributed by atoms with E-state index in [2.05, 4.69) is 105 Å². The first-order chi connectivity index (χ1) is 10.6. The molecule has 0 spiro atoms. The fourth-order valence-electron chi connectivity index (χ4n) is 3.83. The van der Waals surface area contributed by atoms with Gasteiger partial charge in [0.05, 0.1) is 0 Å². The van der Waals surface area contributed by atoms with Gasteiger partial charge in [-0.2, -0.15) is 0 Å². The standard InChI is InChI=1S/C20H24NP/c1-17-11-10-16-20(21-2)22(17,3,18-12-6-4-7-13-18)19-14-8-5-9-15-19/h4-17,21H,1-3H3. The first kappa shape index (κ1) is 15.1. The summed E-state index contributed by atoms with van der Waals surface area (Å²) in [6.45, 7) is 2.34. The molecule has 2 aromatic carbocycles. The predicted octanol–water partition coefficient (Wildman–Crippen LogP) is 3.84. The molecule has 1 aliphatic heterocycles.